The first-order valence-electron chi connectivity index (χ1n) is 11.3. The van der Waals surface area contributed by atoms with Crippen molar-refractivity contribution < 1.29 is 36.3 Å². The minimum atomic E-state index is -5.73. The van der Waals surface area contributed by atoms with Crippen molar-refractivity contribution in [3.05, 3.63) is 88.8 Å². The van der Waals surface area contributed by atoms with Crippen LogP contribution in [-0.2, 0) is 37.9 Å². The first kappa shape index (κ1) is 29.1. The molecule has 0 radical (unpaired) electrons. The van der Waals surface area contributed by atoms with Gasteiger partial charge in [-0.1, -0.05) is 60.7 Å². The normalized spacial score (nSPS) is 13.3. The van der Waals surface area contributed by atoms with Crippen molar-refractivity contribution in [2.45, 2.75) is 41.6 Å². The molecule has 13 heteroatoms. The van der Waals surface area contributed by atoms with Crippen molar-refractivity contribution in [2.24, 2.45) is 0 Å². The summed E-state index contributed by atoms with van der Waals surface area (Å²) in [7, 11) is -9.75. The van der Waals surface area contributed by atoms with Gasteiger partial charge >= 0.3 is 13.3 Å². The number of nitrogens with one attached hydrogen (secondary N) is 2. The minimum absolute atomic E-state index is 0.0183. The summed E-state index contributed by atoms with van der Waals surface area (Å²) in [5.41, 5.74) is -3.77. The molecule has 2 aromatic carbocycles. The maximum absolute atomic E-state index is 14.0. The van der Waals surface area contributed by atoms with Crippen LogP contribution in [0.5, 0.6) is 0 Å². The van der Waals surface area contributed by atoms with Crippen LogP contribution in [0.2, 0.25) is 0 Å². The van der Waals surface area contributed by atoms with Gasteiger partial charge < -0.3 is 15.1 Å². The molecule has 37 heavy (non-hydrogen) atoms. The van der Waals surface area contributed by atoms with Crippen molar-refractivity contribution in [3.8, 4) is 0 Å². The van der Waals surface area contributed by atoms with Crippen LogP contribution in [0.1, 0.15) is 29.5 Å². The Balaban J connectivity index is 1.68. The van der Waals surface area contributed by atoms with Gasteiger partial charge in [-0.25, -0.2) is 8.42 Å². The largest absolute Gasteiger partial charge is 0.399 e. The molecule has 0 aliphatic carbocycles. The maximum Gasteiger partial charge on any atom is 0.399 e. The molecule has 0 aliphatic heterocycles. The van der Waals surface area contributed by atoms with E-state index in [4.69, 9.17) is 9.79 Å². The Kier molecular flexibility index (Phi) is 9.74. The van der Waals surface area contributed by atoms with Crippen LogP contribution < -0.4 is 10.0 Å². The van der Waals surface area contributed by atoms with Crippen molar-refractivity contribution in [2.75, 3.05) is 6.54 Å². The van der Waals surface area contributed by atoms with Crippen LogP contribution >= 0.6 is 18.9 Å². The van der Waals surface area contributed by atoms with E-state index in [1.807, 2.05) is 30.3 Å². The Morgan fingerprint density at radius 3 is 2.24 bits per heavy atom. The lowest BCUT2D eigenvalue weighted by Crippen LogP contribution is -2.48. The lowest BCUT2D eigenvalue weighted by Gasteiger charge is -2.20. The van der Waals surface area contributed by atoms with Gasteiger partial charge in [0.05, 0.1) is 0 Å². The molecule has 0 saturated carbocycles. The Hall–Kier alpha value is -2.47. The van der Waals surface area contributed by atoms with E-state index in [1.165, 1.54) is 23.8 Å². The highest BCUT2D eigenvalue weighted by Crippen LogP contribution is 2.59. The van der Waals surface area contributed by atoms with E-state index in [9.17, 15) is 26.6 Å². The third-order valence-electron chi connectivity index (χ3n) is 5.52. The lowest BCUT2D eigenvalue weighted by atomic mass is 10.0. The van der Waals surface area contributed by atoms with Crippen LogP contribution in [0.15, 0.2) is 76.3 Å². The van der Waals surface area contributed by atoms with Crippen molar-refractivity contribution in [1.29, 1.82) is 0 Å². The Morgan fingerprint density at radius 2 is 1.65 bits per heavy atom. The highest BCUT2D eigenvalue weighted by molar-refractivity contribution is 7.91. The van der Waals surface area contributed by atoms with Gasteiger partial charge in [0.25, 0.3) is 10.0 Å². The quantitative estimate of drug-likeness (QED) is 0.181. The van der Waals surface area contributed by atoms with E-state index in [-0.39, 0.29) is 10.6 Å². The number of unbranched alkanes of at least 4 members (excludes halogenated alkanes) is 1. The number of halogens is 2. The summed E-state index contributed by atoms with van der Waals surface area (Å²) in [4.78, 5) is 30.8. The zero-order valence-electron chi connectivity index (χ0n) is 19.6. The molecule has 0 unspecified atom stereocenters. The molecule has 0 bridgehead atoms. The summed E-state index contributed by atoms with van der Waals surface area (Å²) < 4.78 is 67.0. The van der Waals surface area contributed by atoms with Gasteiger partial charge in [0.15, 0.2) is 0 Å². The number of hydrogen-bond donors (Lipinski definition) is 4. The van der Waals surface area contributed by atoms with Crippen molar-refractivity contribution in [1.82, 2.24) is 10.0 Å². The second kappa shape index (κ2) is 12.4. The number of sulfonamides is 1. The molecular formula is C24H27F2N2O6PS2. The highest BCUT2D eigenvalue weighted by Gasteiger charge is 2.50. The first-order chi connectivity index (χ1) is 17.4. The molecular weight excluding hydrogens is 545 g/mol. The summed E-state index contributed by atoms with van der Waals surface area (Å²) in [6.07, 6.45) is 2.14. The van der Waals surface area contributed by atoms with Crippen LogP contribution in [0.4, 0.5) is 8.78 Å². The molecule has 1 atom stereocenters. The van der Waals surface area contributed by atoms with E-state index >= 15 is 0 Å². The smallest absolute Gasteiger partial charge is 0.355 e. The lowest BCUT2D eigenvalue weighted by molar-refractivity contribution is -0.122. The summed E-state index contributed by atoms with van der Waals surface area (Å²) >= 11 is 0.980. The fourth-order valence-electron chi connectivity index (χ4n) is 3.53. The number of carbonyl (C=O) groups excluding carboxylic acids is 1. The van der Waals surface area contributed by atoms with Crippen molar-refractivity contribution in [3.63, 3.8) is 0 Å². The molecule has 0 saturated heterocycles. The summed E-state index contributed by atoms with van der Waals surface area (Å²) in [6.45, 7) is 0.316. The predicted molar refractivity (Wildman–Crippen MR) is 137 cm³/mol. The van der Waals surface area contributed by atoms with E-state index in [0.29, 0.717) is 18.5 Å². The Morgan fingerprint density at radius 1 is 0.973 bits per heavy atom. The van der Waals surface area contributed by atoms with E-state index in [0.717, 1.165) is 36.3 Å². The predicted octanol–water partition coefficient (Wildman–Crippen LogP) is 4.00. The fraction of sp³-hybridized carbons (Fsp3) is 0.292. The van der Waals surface area contributed by atoms with Gasteiger partial charge in [0.1, 0.15) is 10.3 Å². The summed E-state index contributed by atoms with van der Waals surface area (Å²) in [5.74, 6) is -0.579. The molecule has 1 aromatic heterocycles. The molecule has 1 amide bonds. The number of benzene rings is 2. The third kappa shape index (κ3) is 8.00. The van der Waals surface area contributed by atoms with E-state index < -0.39 is 40.8 Å². The zero-order chi connectivity index (χ0) is 27.1. The monoisotopic (exact) mass is 572 g/mol. The topological polar surface area (TPSA) is 133 Å². The zero-order valence-corrected chi connectivity index (χ0v) is 22.1. The average Bonchev–Trinajstić information content (AvgIpc) is 3.40. The average molecular weight is 573 g/mol. The second-order valence-corrected chi connectivity index (χ2v) is 12.9. The van der Waals surface area contributed by atoms with Gasteiger partial charge in [-0.15, -0.1) is 11.3 Å². The van der Waals surface area contributed by atoms with Gasteiger partial charge in [0, 0.05) is 12.1 Å². The number of thiophene rings is 1. The third-order valence-corrected chi connectivity index (χ3v) is 9.37. The molecule has 8 nitrogen and oxygen atoms in total. The van der Waals surface area contributed by atoms with Gasteiger partial charge in [-0.05, 0) is 48.3 Å². The molecule has 3 rings (SSSR count). The first-order valence-corrected chi connectivity index (χ1v) is 15.3. The van der Waals surface area contributed by atoms with Gasteiger partial charge in [0.2, 0.25) is 5.91 Å². The number of alkyl halides is 2. The molecule has 0 fully saturated rings. The molecule has 1 heterocycles. The highest BCUT2D eigenvalue weighted by atomic mass is 32.2. The standard InChI is InChI=1S/C24H27F2N2O6PS2/c25-24(26,35(30,31)32)20-13-11-19(12-14-20)17-21(28-37(33,34)22-10-6-16-36-22)23(29)27-15-5-4-9-18-7-2-1-3-8-18/h1-3,6-8,10-14,16,21,28H,4-5,9,15,17H2,(H,27,29)(H2,30,31,32)/t21-/m0/s1. The van der Waals surface area contributed by atoms with E-state index in [2.05, 4.69) is 10.0 Å². The second-order valence-electron chi connectivity index (χ2n) is 8.33. The number of amides is 1. The Labute approximate surface area is 218 Å². The van der Waals surface area contributed by atoms with Gasteiger partial charge in [-0.3, -0.25) is 9.36 Å². The van der Waals surface area contributed by atoms with Crippen LogP contribution in [0.25, 0.3) is 0 Å². The number of carbonyl (C=O) groups is 1. The number of hydrogen-bond acceptors (Lipinski definition) is 5. The molecule has 0 aliphatic rings. The van der Waals surface area contributed by atoms with E-state index in [1.54, 1.807) is 11.4 Å². The van der Waals surface area contributed by atoms with Crippen LogP contribution in [0, 0.1) is 0 Å². The van der Waals surface area contributed by atoms with Crippen molar-refractivity contribution >= 4 is 34.9 Å². The Bertz CT molecular complexity index is 1320. The molecule has 4 N–H and O–H groups in total. The fourth-order valence-corrected chi connectivity index (χ4v) is 6.22. The SMILES string of the molecule is O=C(NCCCCc1ccccc1)[C@H](Cc1ccc(C(F)(F)P(=O)(O)O)cc1)NS(=O)(=O)c1cccs1. The van der Waals surface area contributed by atoms with Crippen LogP contribution in [-0.4, -0.2) is 36.7 Å². The molecule has 3 aromatic rings. The number of rotatable bonds is 13. The molecule has 0 spiro atoms. The number of aryl methyl sites for hydroxylation is 1. The summed E-state index contributed by atoms with van der Waals surface area (Å²) in [6, 6.07) is 15.6. The minimum Gasteiger partial charge on any atom is -0.355 e. The summed E-state index contributed by atoms with van der Waals surface area (Å²) in [5, 5.41) is 4.31. The maximum atomic E-state index is 14.0. The molecule has 200 valence electrons. The van der Waals surface area contributed by atoms with Gasteiger partial charge in [-0.2, -0.15) is 13.5 Å². The van der Waals surface area contributed by atoms with Crippen LogP contribution in [0.3, 0.4) is 0 Å².